The van der Waals surface area contributed by atoms with Gasteiger partial charge in [0.1, 0.15) is 0 Å². The highest BCUT2D eigenvalue weighted by Gasteiger charge is 2.19. The molecule has 88 valence electrons. The fourth-order valence-corrected chi connectivity index (χ4v) is 1.67. The summed E-state index contributed by atoms with van der Waals surface area (Å²) in [5, 5.41) is 9.82. The van der Waals surface area contributed by atoms with Gasteiger partial charge in [-0.15, -0.1) is 0 Å². The molecule has 0 saturated heterocycles. The maximum Gasteiger partial charge on any atom is 0.436 e. The number of thiol groups is 1. The van der Waals surface area contributed by atoms with E-state index in [1.165, 1.54) is 7.11 Å². The normalized spacial score (nSPS) is 12.2. The third-order valence-corrected chi connectivity index (χ3v) is 2.90. The van der Waals surface area contributed by atoms with E-state index >= 15 is 0 Å². The Bertz CT molecular complexity index is 370. The van der Waals surface area contributed by atoms with Gasteiger partial charge in [-0.3, -0.25) is 4.84 Å². The molecular weight excluding hydrogens is 226 g/mol. The summed E-state index contributed by atoms with van der Waals surface area (Å²) in [7, 11) is 1.32. The number of carboxylic acid groups (broad SMARTS) is 1. The Balaban J connectivity index is 3.16. The quantitative estimate of drug-likeness (QED) is 0.629. The van der Waals surface area contributed by atoms with Crippen LogP contribution in [0, 0.1) is 0 Å². The van der Waals surface area contributed by atoms with Crippen LogP contribution in [0.15, 0.2) is 24.3 Å². The number of para-hydroxylation sites is 1. The largest absolute Gasteiger partial charge is 0.463 e. The average Bonchev–Trinajstić information content (AvgIpc) is 2.29. The van der Waals surface area contributed by atoms with E-state index in [0.717, 1.165) is 17.0 Å². The van der Waals surface area contributed by atoms with Crippen molar-refractivity contribution < 1.29 is 14.7 Å². The second-order valence-corrected chi connectivity index (χ2v) is 3.87. The molecule has 0 aromatic heterocycles. The van der Waals surface area contributed by atoms with E-state index in [9.17, 15) is 4.79 Å². The van der Waals surface area contributed by atoms with E-state index in [1.54, 1.807) is 12.1 Å². The minimum absolute atomic E-state index is 0.00630. The molecule has 1 aromatic rings. The lowest BCUT2D eigenvalue weighted by Crippen LogP contribution is -2.28. The van der Waals surface area contributed by atoms with Crippen LogP contribution >= 0.6 is 12.6 Å². The summed E-state index contributed by atoms with van der Waals surface area (Å²) in [5.74, 6) is 0. The van der Waals surface area contributed by atoms with Crippen LogP contribution in [0.3, 0.4) is 0 Å². The first-order valence-electron chi connectivity index (χ1n) is 4.96. The molecule has 4 nitrogen and oxygen atoms in total. The van der Waals surface area contributed by atoms with E-state index < -0.39 is 6.09 Å². The SMILES string of the molecule is CCC(S)c1ccccc1N(OC)C(=O)O. The van der Waals surface area contributed by atoms with Gasteiger partial charge < -0.3 is 5.11 Å². The van der Waals surface area contributed by atoms with Crippen LogP contribution in [0.1, 0.15) is 24.2 Å². The molecule has 0 spiro atoms. The molecule has 0 saturated carbocycles. The number of nitrogens with zero attached hydrogens (tertiary/aromatic N) is 1. The van der Waals surface area contributed by atoms with E-state index in [4.69, 9.17) is 9.94 Å². The predicted octanol–water partition coefficient (Wildman–Crippen LogP) is 3.11. The van der Waals surface area contributed by atoms with Gasteiger partial charge in [0, 0.05) is 5.25 Å². The number of carbonyl (C=O) groups is 1. The number of hydroxylamine groups is 1. The number of rotatable bonds is 4. The molecule has 1 N–H and O–H groups in total. The van der Waals surface area contributed by atoms with Crippen molar-refractivity contribution in [1.82, 2.24) is 0 Å². The molecular formula is C11H15NO3S. The Morgan fingerprint density at radius 3 is 2.69 bits per heavy atom. The maximum absolute atomic E-state index is 11.0. The smallest absolute Gasteiger partial charge is 0.436 e. The van der Waals surface area contributed by atoms with Gasteiger partial charge in [0.2, 0.25) is 0 Å². The van der Waals surface area contributed by atoms with E-state index in [0.29, 0.717) is 5.69 Å². The summed E-state index contributed by atoms with van der Waals surface area (Å²) in [5.41, 5.74) is 1.36. The van der Waals surface area contributed by atoms with Crippen LogP contribution in [0.4, 0.5) is 10.5 Å². The molecule has 5 heteroatoms. The summed E-state index contributed by atoms with van der Waals surface area (Å²) < 4.78 is 0. The zero-order valence-corrected chi connectivity index (χ0v) is 10.1. The zero-order chi connectivity index (χ0) is 12.1. The number of benzene rings is 1. The van der Waals surface area contributed by atoms with Crippen molar-refractivity contribution in [2.45, 2.75) is 18.6 Å². The van der Waals surface area contributed by atoms with Gasteiger partial charge in [-0.2, -0.15) is 17.7 Å². The van der Waals surface area contributed by atoms with Crippen molar-refractivity contribution in [1.29, 1.82) is 0 Å². The van der Waals surface area contributed by atoms with Crippen molar-refractivity contribution in [3.05, 3.63) is 29.8 Å². The van der Waals surface area contributed by atoms with Crippen LogP contribution in [-0.4, -0.2) is 18.3 Å². The Kier molecular flexibility index (Phi) is 4.64. The molecule has 1 aromatic carbocycles. The van der Waals surface area contributed by atoms with Gasteiger partial charge in [-0.1, -0.05) is 25.1 Å². The molecule has 1 atom stereocenters. The first kappa shape index (κ1) is 12.9. The Morgan fingerprint density at radius 2 is 2.19 bits per heavy atom. The second kappa shape index (κ2) is 5.77. The summed E-state index contributed by atoms with van der Waals surface area (Å²) in [6, 6.07) is 7.18. The molecule has 0 heterocycles. The minimum Gasteiger partial charge on any atom is -0.463 e. The molecule has 0 aliphatic carbocycles. The van der Waals surface area contributed by atoms with Gasteiger partial charge in [0.15, 0.2) is 0 Å². The van der Waals surface area contributed by atoms with Crippen molar-refractivity contribution in [2.24, 2.45) is 0 Å². The van der Waals surface area contributed by atoms with Crippen LogP contribution < -0.4 is 5.06 Å². The summed E-state index contributed by atoms with van der Waals surface area (Å²) >= 11 is 4.42. The van der Waals surface area contributed by atoms with Crippen LogP contribution in [0.2, 0.25) is 0 Å². The van der Waals surface area contributed by atoms with E-state index in [1.807, 2.05) is 19.1 Å². The van der Waals surface area contributed by atoms with E-state index in [2.05, 4.69) is 12.6 Å². The third kappa shape index (κ3) is 2.68. The van der Waals surface area contributed by atoms with Gasteiger partial charge >= 0.3 is 6.09 Å². The van der Waals surface area contributed by atoms with Crippen LogP contribution in [-0.2, 0) is 4.84 Å². The van der Waals surface area contributed by atoms with Gasteiger partial charge in [0.05, 0.1) is 12.8 Å². The first-order chi connectivity index (χ1) is 7.61. The molecule has 0 fully saturated rings. The molecule has 1 unspecified atom stereocenters. The molecule has 1 rings (SSSR count). The fraction of sp³-hybridized carbons (Fsp3) is 0.364. The topological polar surface area (TPSA) is 49.8 Å². The van der Waals surface area contributed by atoms with Crippen molar-refractivity contribution in [3.63, 3.8) is 0 Å². The summed E-state index contributed by atoms with van der Waals surface area (Å²) in [6.45, 7) is 1.99. The van der Waals surface area contributed by atoms with Crippen LogP contribution in [0.5, 0.6) is 0 Å². The molecule has 1 amide bonds. The molecule has 0 bridgehead atoms. The highest BCUT2D eigenvalue weighted by molar-refractivity contribution is 7.80. The number of anilines is 1. The van der Waals surface area contributed by atoms with Gasteiger partial charge in [0.25, 0.3) is 0 Å². The zero-order valence-electron chi connectivity index (χ0n) is 9.25. The van der Waals surface area contributed by atoms with Crippen molar-refractivity contribution >= 4 is 24.4 Å². The Morgan fingerprint density at radius 1 is 1.56 bits per heavy atom. The lowest BCUT2D eigenvalue weighted by Gasteiger charge is -2.21. The molecule has 0 radical (unpaired) electrons. The highest BCUT2D eigenvalue weighted by atomic mass is 32.1. The monoisotopic (exact) mass is 241 g/mol. The second-order valence-electron chi connectivity index (χ2n) is 3.24. The molecule has 16 heavy (non-hydrogen) atoms. The Hall–Kier alpha value is -1.20. The predicted molar refractivity (Wildman–Crippen MR) is 66.0 cm³/mol. The van der Waals surface area contributed by atoms with Gasteiger partial charge in [-0.05, 0) is 18.1 Å². The lowest BCUT2D eigenvalue weighted by atomic mass is 10.1. The van der Waals surface area contributed by atoms with Crippen molar-refractivity contribution in [2.75, 3.05) is 12.2 Å². The fourth-order valence-electron chi connectivity index (χ4n) is 1.45. The van der Waals surface area contributed by atoms with Crippen LogP contribution in [0.25, 0.3) is 0 Å². The lowest BCUT2D eigenvalue weighted by molar-refractivity contribution is 0.130. The first-order valence-corrected chi connectivity index (χ1v) is 5.47. The molecule has 0 aliphatic rings. The summed E-state index contributed by atoms with van der Waals surface area (Å²) in [4.78, 5) is 15.8. The minimum atomic E-state index is -1.15. The maximum atomic E-state index is 11.0. The van der Waals surface area contributed by atoms with E-state index in [-0.39, 0.29) is 5.25 Å². The number of amides is 1. The van der Waals surface area contributed by atoms with Gasteiger partial charge in [-0.25, -0.2) is 4.79 Å². The number of hydrogen-bond donors (Lipinski definition) is 2. The highest BCUT2D eigenvalue weighted by Crippen LogP contribution is 2.32. The summed E-state index contributed by atoms with van der Waals surface area (Å²) in [6.07, 6.45) is -0.330. The average molecular weight is 241 g/mol. The van der Waals surface area contributed by atoms with Crippen molar-refractivity contribution in [3.8, 4) is 0 Å². The standard InChI is InChI=1S/C11H15NO3S/c1-3-10(16)8-6-4-5-7-9(8)12(15-2)11(13)14/h4-7,10,16H,3H2,1-2H3,(H,13,14). The molecule has 0 aliphatic heterocycles. The Labute approximate surface area is 100 Å². The third-order valence-electron chi connectivity index (χ3n) is 2.26. The number of hydrogen-bond acceptors (Lipinski definition) is 3.